The van der Waals surface area contributed by atoms with Crippen LogP contribution in [-0.4, -0.2) is 20.4 Å². The van der Waals surface area contributed by atoms with E-state index in [0.29, 0.717) is 0 Å². The molecule has 2 N–H and O–H groups in total. The molecule has 78 valence electrons. The minimum atomic E-state index is -3.01. The van der Waals surface area contributed by atoms with E-state index in [-0.39, 0.29) is 5.75 Å². The monoisotopic (exact) mass is 213 g/mol. The zero-order valence-electron chi connectivity index (χ0n) is 8.40. The largest absolute Gasteiger partial charge is 0.323 e. The van der Waals surface area contributed by atoms with Gasteiger partial charge in [-0.05, 0) is 18.1 Å². The fraction of sp³-hybridized carbons (Fsp3) is 0.400. The molecule has 0 saturated heterocycles. The predicted molar refractivity (Wildman–Crippen MR) is 57.8 cm³/mol. The van der Waals surface area contributed by atoms with Gasteiger partial charge in [0.15, 0.2) is 0 Å². The van der Waals surface area contributed by atoms with Gasteiger partial charge in [0.1, 0.15) is 9.84 Å². The van der Waals surface area contributed by atoms with Crippen molar-refractivity contribution < 1.29 is 8.42 Å². The van der Waals surface area contributed by atoms with Gasteiger partial charge in [0, 0.05) is 12.3 Å². The van der Waals surface area contributed by atoms with E-state index in [0.717, 1.165) is 11.1 Å². The third-order valence-corrected chi connectivity index (χ3v) is 3.03. The molecule has 0 aliphatic rings. The van der Waals surface area contributed by atoms with Crippen LogP contribution >= 0.6 is 0 Å². The van der Waals surface area contributed by atoms with E-state index >= 15 is 0 Å². The first-order chi connectivity index (χ1) is 6.40. The Bertz CT molecular complexity index is 412. The summed E-state index contributed by atoms with van der Waals surface area (Å²) in [6.45, 7) is 1.93. The number of hydrogen-bond acceptors (Lipinski definition) is 3. The fourth-order valence-corrected chi connectivity index (χ4v) is 2.25. The van der Waals surface area contributed by atoms with Gasteiger partial charge in [0.25, 0.3) is 0 Å². The van der Waals surface area contributed by atoms with E-state index in [1.807, 2.05) is 31.2 Å². The topological polar surface area (TPSA) is 60.2 Å². The van der Waals surface area contributed by atoms with Crippen LogP contribution in [-0.2, 0) is 9.84 Å². The second-order valence-corrected chi connectivity index (χ2v) is 5.74. The molecule has 0 heterocycles. The molecule has 1 aromatic rings. The Balaban J connectivity index is 2.90. The first-order valence-electron chi connectivity index (χ1n) is 4.39. The van der Waals surface area contributed by atoms with Crippen molar-refractivity contribution in [2.75, 3.05) is 12.0 Å². The lowest BCUT2D eigenvalue weighted by Crippen LogP contribution is -2.21. The van der Waals surface area contributed by atoms with Crippen molar-refractivity contribution in [2.45, 2.75) is 13.0 Å². The molecule has 0 spiro atoms. The maximum Gasteiger partial charge on any atom is 0.149 e. The number of hydrogen-bond donors (Lipinski definition) is 1. The normalized spacial score (nSPS) is 13.9. The summed E-state index contributed by atoms with van der Waals surface area (Å²) in [5.74, 6) is -0.00213. The Kier molecular flexibility index (Phi) is 3.29. The lowest BCUT2D eigenvalue weighted by molar-refractivity contribution is 0.594. The van der Waals surface area contributed by atoms with Gasteiger partial charge in [-0.2, -0.15) is 0 Å². The number of rotatable bonds is 3. The van der Waals surface area contributed by atoms with Gasteiger partial charge >= 0.3 is 0 Å². The molecule has 14 heavy (non-hydrogen) atoms. The van der Waals surface area contributed by atoms with E-state index in [1.54, 1.807) is 0 Å². The number of sulfone groups is 1. The third kappa shape index (κ3) is 3.12. The SMILES string of the molecule is Cc1ccccc1[C@@H](N)CS(C)(=O)=O. The molecule has 1 atom stereocenters. The second kappa shape index (κ2) is 4.11. The molecular weight excluding hydrogens is 198 g/mol. The molecule has 0 aliphatic carbocycles. The maximum atomic E-state index is 11.0. The minimum Gasteiger partial charge on any atom is -0.323 e. The molecule has 0 aromatic heterocycles. The molecule has 1 rings (SSSR count). The number of nitrogens with two attached hydrogens (primary N) is 1. The molecular formula is C10H15NO2S. The summed E-state index contributed by atoms with van der Waals surface area (Å²) in [5, 5.41) is 0. The standard InChI is InChI=1S/C10H15NO2S/c1-8-5-3-4-6-9(8)10(11)7-14(2,12)13/h3-6,10H,7,11H2,1-2H3/t10-/m0/s1. The Morgan fingerprint density at radius 3 is 2.43 bits per heavy atom. The molecule has 0 unspecified atom stereocenters. The van der Waals surface area contributed by atoms with Crippen LogP contribution in [0.4, 0.5) is 0 Å². The first kappa shape index (κ1) is 11.2. The summed E-state index contributed by atoms with van der Waals surface area (Å²) in [4.78, 5) is 0. The van der Waals surface area contributed by atoms with Crippen LogP contribution in [0.5, 0.6) is 0 Å². The van der Waals surface area contributed by atoms with Crippen molar-refractivity contribution in [3.05, 3.63) is 35.4 Å². The second-order valence-electron chi connectivity index (χ2n) is 3.56. The first-order valence-corrected chi connectivity index (χ1v) is 6.45. The van der Waals surface area contributed by atoms with Crippen LogP contribution in [0.2, 0.25) is 0 Å². The van der Waals surface area contributed by atoms with Gasteiger partial charge in [-0.1, -0.05) is 24.3 Å². The van der Waals surface area contributed by atoms with E-state index < -0.39 is 15.9 Å². The Morgan fingerprint density at radius 1 is 1.36 bits per heavy atom. The van der Waals surface area contributed by atoms with Crippen molar-refractivity contribution in [2.24, 2.45) is 5.73 Å². The molecule has 0 saturated carbocycles. The molecule has 0 fully saturated rings. The summed E-state index contributed by atoms with van der Waals surface area (Å²) in [6, 6.07) is 7.14. The zero-order valence-corrected chi connectivity index (χ0v) is 9.21. The van der Waals surface area contributed by atoms with Crippen LogP contribution in [0.3, 0.4) is 0 Å². The highest BCUT2D eigenvalue weighted by Crippen LogP contribution is 2.16. The van der Waals surface area contributed by atoms with Crippen molar-refractivity contribution >= 4 is 9.84 Å². The number of benzene rings is 1. The van der Waals surface area contributed by atoms with Crippen molar-refractivity contribution in [3.63, 3.8) is 0 Å². The average Bonchev–Trinajstić information content (AvgIpc) is 2.01. The Morgan fingerprint density at radius 2 is 1.93 bits per heavy atom. The molecule has 3 nitrogen and oxygen atoms in total. The van der Waals surface area contributed by atoms with E-state index in [1.165, 1.54) is 6.26 Å². The quantitative estimate of drug-likeness (QED) is 0.816. The van der Waals surface area contributed by atoms with Crippen molar-refractivity contribution in [1.82, 2.24) is 0 Å². The van der Waals surface area contributed by atoms with Crippen LogP contribution in [0.25, 0.3) is 0 Å². The molecule has 0 aliphatic heterocycles. The fourth-order valence-electron chi connectivity index (χ4n) is 1.42. The molecule has 4 heteroatoms. The zero-order chi connectivity index (χ0) is 10.8. The predicted octanol–water partition coefficient (Wildman–Crippen LogP) is 1.04. The summed E-state index contributed by atoms with van der Waals surface area (Å²) < 4.78 is 22.1. The summed E-state index contributed by atoms with van der Waals surface area (Å²) in [7, 11) is -3.01. The maximum absolute atomic E-state index is 11.0. The Hall–Kier alpha value is -0.870. The van der Waals surface area contributed by atoms with Crippen LogP contribution < -0.4 is 5.73 Å². The highest BCUT2D eigenvalue weighted by atomic mass is 32.2. The molecule has 0 amide bonds. The third-order valence-electron chi connectivity index (χ3n) is 2.07. The lowest BCUT2D eigenvalue weighted by atomic mass is 10.0. The molecule has 1 aromatic carbocycles. The smallest absolute Gasteiger partial charge is 0.149 e. The highest BCUT2D eigenvalue weighted by molar-refractivity contribution is 7.90. The van der Waals surface area contributed by atoms with E-state index in [4.69, 9.17) is 5.73 Å². The average molecular weight is 213 g/mol. The van der Waals surface area contributed by atoms with Gasteiger partial charge in [-0.3, -0.25) is 0 Å². The van der Waals surface area contributed by atoms with Gasteiger partial charge in [-0.25, -0.2) is 8.42 Å². The lowest BCUT2D eigenvalue weighted by Gasteiger charge is -2.13. The van der Waals surface area contributed by atoms with E-state index in [2.05, 4.69) is 0 Å². The van der Waals surface area contributed by atoms with Gasteiger partial charge in [0.05, 0.1) is 5.75 Å². The van der Waals surface area contributed by atoms with Gasteiger partial charge in [0.2, 0.25) is 0 Å². The summed E-state index contributed by atoms with van der Waals surface area (Å²) in [5.41, 5.74) is 7.73. The molecule has 0 radical (unpaired) electrons. The van der Waals surface area contributed by atoms with Crippen LogP contribution in [0, 0.1) is 6.92 Å². The van der Waals surface area contributed by atoms with Gasteiger partial charge in [-0.15, -0.1) is 0 Å². The number of aryl methyl sites for hydroxylation is 1. The van der Waals surface area contributed by atoms with Gasteiger partial charge < -0.3 is 5.73 Å². The van der Waals surface area contributed by atoms with E-state index in [9.17, 15) is 8.42 Å². The summed E-state index contributed by atoms with van der Waals surface area (Å²) >= 11 is 0. The van der Waals surface area contributed by atoms with Crippen LogP contribution in [0.1, 0.15) is 17.2 Å². The minimum absolute atomic E-state index is 0.00213. The Labute approximate surface area is 84.9 Å². The van der Waals surface area contributed by atoms with Crippen molar-refractivity contribution in [1.29, 1.82) is 0 Å². The van der Waals surface area contributed by atoms with Crippen molar-refractivity contribution in [3.8, 4) is 0 Å². The molecule has 0 bridgehead atoms. The summed E-state index contributed by atoms with van der Waals surface area (Å²) in [6.07, 6.45) is 1.20. The van der Waals surface area contributed by atoms with Crippen LogP contribution in [0.15, 0.2) is 24.3 Å². The highest BCUT2D eigenvalue weighted by Gasteiger charge is 2.14.